The summed E-state index contributed by atoms with van der Waals surface area (Å²) in [6.45, 7) is 5.10. The van der Waals surface area contributed by atoms with E-state index >= 15 is 0 Å². The number of aliphatic hydroxyl groups is 1. The highest BCUT2D eigenvalue weighted by Gasteiger charge is 2.22. The van der Waals surface area contributed by atoms with E-state index in [4.69, 9.17) is 0 Å². The quantitative estimate of drug-likeness (QED) is 0.299. The summed E-state index contributed by atoms with van der Waals surface area (Å²) in [5.41, 5.74) is 0.688. The van der Waals surface area contributed by atoms with Crippen molar-refractivity contribution in [2.45, 2.75) is 30.9 Å². The Bertz CT molecular complexity index is 867. The molecular formula is C20H28IN3O3S. The first-order valence-electron chi connectivity index (χ1n) is 8.81. The molecule has 0 spiro atoms. The second-order valence-corrected chi connectivity index (χ2v) is 8.62. The number of rotatable bonds is 7. The largest absolute Gasteiger partial charge is 0.384 e. The first-order chi connectivity index (χ1) is 12.7. The lowest BCUT2D eigenvalue weighted by Crippen LogP contribution is -2.44. The van der Waals surface area contributed by atoms with Crippen molar-refractivity contribution in [3.05, 3.63) is 65.7 Å². The van der Waals surface area contributed by atoms with Gasteiger partial charge in [0.05, 0.1) is 18.0 Å². The number of aliphatic imine (C=N–C) groups is 1. The molecule has 0 aliphatic carbocycles. The molecule has 0 aromatic heterocycles. The van der Waals surface area contributed by atoms with Crippen molar-refractivity contribution in [3.63, 3.8) is 0 Å². The first kappa shape index (κ1) is 24.4. The van der Waals surface area contributed by atoms with Crippen molar-refractivity contribution in [3.8, 4) is 0 Å². The third-order valence-electron chi connectivity index (χ3n) is 4.11. The van der Waals surface area contributed by atoms with Crippen molar-refractivity contribution in [2.24, 2.45) is 4.99 Å². The van der Waals surface area contributed by atoms with Gasteiger partial charge in [-0.05, 0) is 37.1 Å². The highest BCUT2D eigenvalue weighted by molar-refractivity contribution is 14.0. The van der Waals surface area contributed by atoms with Crippen LogP contribution in [0.4, 0.5) is 0 Å². The maximum absolute atomic E-state index is 11.5. The summed E-state index contributed by atoms with van der Waals surface area (Å²) in [6.07, 6.45) is 1.19. The molecule has 0 heterocycles. The third kappa shape index (κ3) is 7.40. The molecule has 0 aliphatic rings. The van der Waals surface area contributed by atoms with E-state index < -0.39 is 15.4 Å². The lowest BCUT2D eigenvalue weighted by atomic mass is 9.96. The maximum atomic E-state index is 11.5. The van der Waals surface area contributed by atoms with E-state index in [0.717, 1.165) is 11.1 Å². The Balaban J connectivity index is 0.00000392. The van der Waals surface area contributed by atoms with Crippen LogP contribution in [0.3, 0.4) is 0 Å². The zero-order chi connectivity index (χ0) is 19.9. The zero-order valence-electron chi connectivity index (χ0n) is 16.3. The standard InChI is InChI=1S/C20H27N3O3S.HI/c1-4-21-19(23-15-20(2,24)17-8-6-5-7-9-17)22-14-16-10-12-18(13-11-16)27(3,25)26;/h5-13,24H,4,14-15H2,1-3H3,(H2,21,22,23);1H. The van der Waals surface area contributed by atoms with Crippen LogP contribution in [0.1, 0.15) is 25.0 Å². The molecule has 1 unspecified atom stereocenters. The minimum Gasteiger partial charge on any atom is -0.384 e. The van der Waals surface area contributed by atoms with E-state index in [0.29, 0.717) is 30.5 Å². The van der Waals surface area contributed by atoms with Crippen LogP contribution in [0.5, 0.6) is 0 Å². The normalized spacial score (nSPS) is 13.9. The summed E-state index contributed by atoms with van der Waals surface area (Å²) in [5, 5.41) is 17.0. The van der Waals surface area contributed by atoms with Gasteiger partial charge in [0, 0.05) is 12.8 Å². The molecule has 0 amide bonds. The molecule has 2 aromatic carbocycles. The fourth-order valence-corrected chi connectivity index (χ4v) is 3.14. The van der Waals surface area contributed by atoms with E-state index in [1.165, 1.54) is 6.26 Å². The van der Waals surface area contributed by atoms with E-state index in [2.05, 4.69) is 15.6 Å². The van der Waals surface area contributed by atoms with Crippen LogP contribution in [0, 0.1) is 0 Å². The van der Waals surface area contributed by atoms with Gasteiger partial charge in [0.1, 0.15) is 5.60 Å². The van der Waals surface area contributed by atoms with Crippen LogP contribution in [-0.4, -0.2) is 38.8 Å². The molecule has 3 N–H and O–H groups in total. The Morgan fingerprint density at radius 3 is 2.21 bits per heavy atom. The van der Waals surface area contributed by atoms with E-state index in [9.17, 15) is 13.5 Å². The summed E-state index contributed by atoms with van der Waals surface area (Å²) in [6, 6.07) is 16.1. The number of benzene rings is 2. The molecule has 0 fully saturated rings. The predicted octanol–water partition coefficient (Wildman–Crippen LogP) is 2.67. The fourth-order valence-electron chi connectivity index (χ4n) is 2.51. The third-order valence-corrected chi connectivity index (χ3v) is 5.24. The topological polar surface area (TPSA) is 90.8 Å². The average Bonchev–Trinajstić information content (AvgIpc) is 2.64. The van der Waals surface area contributed by atoms with Gasteiger partial charge < -0.3 is 15.7 Å². The van der Waals surface area contributed by atoms with Crippen LogP contribution in [0.15, 0.2) is 64.5 Å². The summed E-state index contributed by atoms with van der Waals surface area (Å²) in [4.78, 5) is 4.80. The molecule has 0 aliphatic heterocycles. The van der Waals surface area contributed by atoms with E-state index in [1.807, 2.05) is 37.3 Å². The molecule has 6 nitrogen and oxygen atoms in total. The van der Waals surface area contributed by atoms with Crippen molar-refractivity contribution < 1.29 is 13.5 Å². The molecule has 1 atom stereocenters. The molecule has 0 saturated carbocycles. The highest BCUT2D eigenvalue weighted by atomic mass is 127. The second-order valence-electron chi connectivity index (χ2n) is 6.60. The minimum atomic E-state index is -3.20. The highest BCUT2D eigenvalue weighted by Crippen LogP contribution is 2.18. The van der Waals surface area contributed by atoms with Crippen LogP contribution >= 0.6 is 24.0 Å². The number of halogens is 1. The SMILES string of the molecule is CCNC(=NCc1ccc(S(C)(=O)=O)cc1)NCC(C)(O)c1ccccc1.I. The number of hydrogen-bond donors (Lipinski definition) is 3. The Morgan fingerprint density at radius 2 is 1.68 bits per heavy atom. The molecule has 0 bridgehead atoms. The van der Waals surface area contributed by atoms with Crippen molar-refractivity contribution in [1.82, 2.24) is 10.6 Å². The van der Waals surface area contributed by atoms with Gasteiger partial charge in [-0.3, -0.25) is 0 Å². The predicted molar refractivity (Wildman–Crippen MR) is 124 cm³/mol. The molecule has 8 heteroatoms. The van der Waals surface area contributed by atoms with E-state index in [1.54, 1.807) is 31.2 Å². The van der Waals surface area contributed by atoms with Gasteiger partial charge >= 0.3 is 0 Å². The summed E-state index contributed by atoms with van der Waals surface area (Å²) < 4.78 is 23.0. The molecule has 28 heavy (non-hydrogen) atoms. The lowest BCUT2D eigenvalue weighted by Gasteiger charge is -2.25. The maximum Gasteiger partial charge on any atom is 0.191 e. The summed E-state index contributed by atoms with van der Waals surface area (Å²) in [5.74, 6) is 0.584. The van der Waals surface area contributed by atoms with Crippen LogP contribution in [-0.2, 0) is 22.0 Å². The van der Waals surface area contributed by atoms with Crippen LogP contribution < -0.4 is 10.6 Å². The monoisotopic (exact) mass is 517 g/mol. The Morgan fingerprint density at radius 1 is 1.07 bits per heavy atom. The van der Waals surface area contributed by atoms with Crippen molar-refractivity contribution >= 4 is 39.8 Å². The van der Waals surface area contributed by atoms with Gasteiger partial charge in [-0.25, -0.2) is 13.4 Å². The van der Waals surface area contributed by atoms with Gasteiger partial charge in [0.15, 0.2) is 15.8 Å². The molecule has 2 rings (SSSR count). The molecule has 154 valence electrons. The smallest absolute Gasteiger partial charge is 0.191 e. The number of nitrogens with one attached hydrogen (secondary N) is 2. The van der Waals surface area contributed by atoms with Crippen molar-refractivity contribution in [1.29, 1.82) is 0 Å². The van der Waals surface area contributed by atoms with Gasteiger partial charge in [0.2, 0.25) is 0 Å². The van der Waals surface area contributed by atoms with Gasteiger partial charge in [-0.2, -0.15) is 0 Å². The zero-order valence-corrected chi connectivity index (χ0v) is 19.5. The summed E-state index contributed by atoms with van der Waals surface area (Å²) in [7, 11) is -3.20. The number of hydrogen-bond acceptors (Lipinski definition) is 4. The Hall–Kier alpha value is -1.65. The average molecular weight is 517 g/mol. The minimum absolute atomic E-state index is 0. The van der Waals surface area contributed by atoms with Crippen molar-refractivity contribution in [2.75, 3.05) is 19.3 Å². The number of guanidine groups is 1. The van der Waals surface area contributed by atoms with Gasteiger partial charge in [-0.1, -0.05) is 42.5 Å². The molecule has 0 saturated heterocycles. The van der Waals surface area contributed by atoms with Crippen LogP contribution in [0.25, 0.3) is 0 Å². The Kier molecular flexibility index (Phi) is 9.38. The first-order valence-corrected chi connectivity index (χ1v) is 10.7. The van der Waals surface area contributed by atoms with Crippen LogP contribution in [0.2, 0.25) is 0 Å². The lowest BCUT2D eigenvalue weighted by molar-refractivity contribution is 0.0617. The van der Waals surface area contributed by atoms with Gasteiger partial charge in [0.25, 0.3) is 0 Å². The fraction of sp³-hybridized carbons (Fsp3) is 0.350. The second kappa shape index (κ2) is 10.8. The van der Waals surface area contributed by atoms with E-state index in [-0.39, 0.29) is 24.0 Å². The number of sulfone groups is 1. The molecule has 2 aromatic rings. The molecule has 0 radical (unpaired) electrons. The van der Waals surface area contributed by atoms with Gasteiger partial charge in [-0.15, -0.1) is 24.0 Å². The number of nitrogens with zero attached hydrogens (tertiary/aromatic N) is 1. The summed E-state index contributed by atoms with van der Waals surface area (Å²) >= 11 is 0. The molecular weight excluding hydrogens is 489 g/mol. The Labute approximate surface area is 184 Å².